The van der Waals surface area contributed by atoms with E-state index in [1.165, 1.54) is 18.4 Å². The van der Waals surface area contributed by atoms with Gasteiger partial charge in [0.15, 0.2) is 11.5 Å². The Morgan fingerprint density at radius 3 is 2.79 bits per heavy atom. The summed E-state index contributed by atoms with van der Waals surface area (Å²) in [6.07, 6.45) is 3.18. The van der Waals surface area contributed by atoms with E-state index in [1.54, 1.807) is 44.4 Å². The van der Waals surface area contributed by atoms with Gasteiger partial charge in [-0.05, 0) is 45.9 Å². The molecule has 0 bridgehead atoms. The van der Waals surface area contributed by atoms with Crippen molar-refractivity contribution in [2.75, 3.05) is 11.9 Å². The summed E-state index contributed by atoms with van der Waals surface area (Å²) in [4.78, 5) is 32.8. The van der Waals surface area contributed by atoms with Crippen LogP contribution in [0.2, 0.25) is 0 Å². The topological polar surface area (TPSA) is 122 Å². The van der Waals surface area contributed by atoms with Crippen LogP contribution in [0.15, 0.2) is 30.6 Å². The van der Waals surface area contributed by atoms with Crippen LogP contribution in [-0.2, 0) is 9.53 Å². The summed E-state index contributed by atoms with van der Waals surface area (Å²) in [5.41, 5.74) is 1.51. The van der Waals surface area contributed by atoms with Gasteiger partial charge in [0, 0.05) is 11.8 Å². The summed E-state index contributed by atoms with van der Waals surface area (Å²) in [7, 11) is 0. The third kappa shape index (κ3) is 4.06. The molecule has 29 heavy (non-hydrogen) atoms. The van der Waals surface area contributed by atoms with E-state index in [0.717, 1.165) is 0 Å². The zero-order valence-electron chi connectivity index (χ0n) is 16.6. The summed E-state index contributed by atoms with van der Waals surface area (Å²) in [6, 6.07) is 7.11. The number of nitrogens with zero attached hydrogens (tertiary/aromatic N) is 5. The molecule has 3 aromatic rings. The summed E-state index contributed by atoms with van der Waals surface area (Å²) >= 11 is 0. The van der Waals surface area contributed by atoms with Crippen molar-refractivity contribution >= 4 is 23.3 Å². The van der Waals surface area contributed by atoms with Crippen LogP contribution in [0.5, 0.6) is 0 Å². The number of pyridine rings is 1. The molecule has 3 aromatic heterocycles. The Bertz CT molecular complexity index is 1140. The van der Waals surface area contributed by atoms with Crippen molar-refractivity contribution in [1.29, 1.82) is 5.26 Å². The number of nitrogens with one attached hydrogen (secondary N) is 1. The molecule has 3 heterocycles. The number of ether oxygens (including phenoxy) is 1. The van der Waals surface area contributed by atoms with Crippen LogP contribution in [0, 0.1) is 23.7 Å². The van der Waals surface area contributed by atoms with E-state index in [4.69, 9.17) is 10.00 Å². The average molecular weight is 392 g/mol. The number of anilines is 1. The number of hydrogen-bond donors (Lipinski definition) is 1. The molecular formula is C20H20N6O3. The second-order valence-electron chi connectivity index (χ2n) is 6.92. The zero-order chi connectivity index (χ0) is 21.2. The van der Waals surface area contributed by atoms with Gasteiger partial charge in [0.05, 0.1) is 35.8 Å². The first-order valence-corrected chi connectivity index (χ1v) is 8.98. The molecule has 9 nitrogen and oxygen atoms in total. The number of amides is 1. The largest absolute Gasteiger partial charge is 0.462 e. The highest BCUT2D eigenvalue weighted by Crippen LogP contribution is 2.22. The number of esters is 1. The number of aromatic nitrogens is 4. The van der Waals surface area contributed by atoms with Gasteiger partial charge in [-0.15, -0.1) is 0 Å². The van der Waals surface area contributed by atoms with Gasteiger partial charge < -0.3 is 10.1 Å². The van der Waals surface area contributed by atoms with E-state index in [1.807, 2.05) is 6.07 Å². The van der Waals surface area contributed by atoms with Crippen molar-refractivity contribution in [3.05, 3.63) is 41.9 Å². The summed E-state index contributed by atoms with van der Waals surface area (Å²) in [6.45, 7) is 6.81. The molecule has 0 saturated heterocycles. The highest BCUT2D eigenvalue weighted by Gasteiger charge is 2.27. The van der Waals surface area contributed by atoms with Crippen LogP contribution in [0.1, 0.15) is 36.8 Å². The number of imidazole rings is 1. The SMILES string of the molecule is CCOC(=O)c1cc(-c2ccc3nc(NC(=O)C(C)(C)C#N)cn3n2)cnc1C. The minimum atomic E-state index is -1.18. The minimum absolute atomic E-state index is 0.277. The monoisotopic (exact) mass is 392 g/mol. The van der Waals surface area contributed by atoms with Crippen LogP contribution in [0.4, 0.5) is 5.82 Å². The first kappa shape index (κ1) is 19.9. The highest BCUT2D eigenvalue weighted by molar-refractivity contribution is 5.96. The number of fused-ring (bicyclic) bond motifs is 1. The maximum absolute atomic E-state index is 12.2. The van der Waals surface area contributed by atoms with Crippen molar-refractivity contribution in [3.8, 4) is 17.3 Å². The number of carbonyl (C=O) groups is 2. The molecule has 148 valence electrons. The lowest BCUT2D eigenvalue weighted by atomic mass is 9.95. The smallest absolute Gasteiger partial charge is 0.339 e. The van der Waals surface area contributed by atoms with Crippen molar-refractivity contribution in [3.63, 3.8) is 0 Å². The van der Waals surface area contributed by atoms with Gasteiger partial charge in [0.1, 0.15) is 5.41 Å². The van der Waals surface area contributed by atoms with E-state index >= 15 is 0 Å². The van der Waals surface area contributed by atoms with Crippen LogP contribution >= 0.6 is 0 Å². The first-order chi connectivity index (χ1) is 13.7. The van der Waals surface area contributed by atoms with E-state index < -0.39 is 17.3 Å². The van der Waals surface area contributed by atoms with Gasteiger partial charge >= 0.3 is 5.97 Å². The molecular weight excluding hydrogens is 372 g/mol. The third-order valence-corrected chi connectivity index (χ3v) is 4.29. The first-order valence-electron chi connectivity index (χ1n) is 8.98. The van der Waals surface area contributed by atoms with E-state index in [2.05, 4.69) is 20.4 Å². The van der Waals surface area contributed by atoms with Gasteiger partial charge in [-0.2, -0.15) is 10.4 Å². The molecule has 0 saturated carbocycles. The summed E-state index contributed by atoms with van der Waals surface area (Å²) < 4.78 is 6.58. The van der Waals surface area contributed by atoms with Crippen molar-refractivity contribution in [1.82, 2.24) is 19.6 Å². The van der Waals surface area contributed by atoms with Gasteiger partial charge in [-0.3, -0.25) is 9.78 Å². The Balaban J connectivity index is 1.93. The number of aryl methyl sites for hydroxylation is 1. The number of hydrogen-bond acceptors (Lipinski definition) is 7. The standard InChI is InChI=1S/C20H20N6O3/c1-5-29-18(27)14-8-13(9-22-12(14)2)15-6-7-17-23-16(10-26(17)25-15)24-19(28)20(3,4)11-21/h6-10H,5H2,1-4H3,(H,24,28). The molecule has 0 unspecified atom stereocenters. The lowest BCUT2D eigenvalue weighted by molar-refractivity contribution is -0.121. The normalized spacial score (nSPS) is 11.1. The molecule has 1 amide bonds. The number of rotatable bonds is 5. The molecule has 3 rings (SSSR count). The molecule has 0 aromatic carbocycles. The fourth-order valence-corrected chi connectivity index (χ4v) is 2.51. The Morgan fingerprint density at radius 1 is 1.34 bits per heavy atom. The fourth-order valence-electron chi connectivity index (χ4n) is 2.51. The molecule has 0 fully saturated rings. The average Bonchev–Trinajstić information content (AvgIpc) is 3.09. The number of nitriles is 1. The quantitative estimate of drug-likeness (QED) is 0.662. The molecule has 0 aliphatic carbocycles. The zero-order valence-corrected chi connectivity index (χ0v) is 16.6. The molecule has 0 aliphatic heterocycles. The fraction of sp³-hybridized carbons (Fsp3) is 0.300. The molecule has 0 radical (unpaired) electrons. The molecule has 0 atom stereocenters. The van der Waals surface area contributed by atoms with Crippen LogP contribution in [-0.4, -0.2) is 38.1 Å². The van der Waals surface area contributed by atoms with Crippen LogP contribution in [0.25, 0.3) is 16.9 Å². The highest BCUT2D eigenvalue weighted by atomic mass is 16.5. The molecule has 1 N–H and O–H groups in total. The minimum Gasteiger partial charge on any atom is -0.462 e. The third-order valence-electron chi connectivity index (χ3n) is 4.29. The van der Waals surface area contributed by atoms with Gasteiger partial charge in [-0.25, -0.2) is 14.3 Å². The lowest BCUT2D eigenvalue weighted by Gasteiger charge is -2.12. The summed E-state index contributed by atoms with van der Waals surface area (Å²) in [5, 5.41) is 16.2. The van der Waals surface area contributed by atoms with Crippen molar-refractivity contribution < 1.29 is 14.3 Å². The predicted molar refractivity (Wildman–Crippen MR) is 105 cm³/mol. The predicted octanol–water partition coefficient (Wildman–Crippen LogP) is 2.76. The van der Waals surface area contributed by atoms with Gasteiger partial charge in [0.25, 0.3) is 0 Å². The lowest BCUT2D eigenvalue weighted by Crippen LogP contribution is -2.29. The van der Waals surface area contributed by atoms with E-state index in [0.29, 0.717) is 28.2 Å². The van der Waals surface area contributed by atoms with Crippen molar-refractivity contribution in [2.24, 2.45) is 5.41 Å². The summed E-state index contributed by atoms with van der Waals surface area (Å²) in [5.74, 6) is -0.601. The number of carbonyl (C=O) groups excluding carboxylic acids is 2. The van der Waals surface area contributed by atoms with E-state index in [9.17, 15) is 9.59 Å². The molecule has 0 aliphatic rings. The maximum atomic E-state index is 12.2. The Labute approximate surface area is 167 Å². The van der Waals surface area contributed by atoms with Crippen LogP contribution < -0.4 is 5.32 Å². The maximum Gasteiger partial charge on any atom is 0.339 e. The van der Waals surface area contributed by atoms with Crippen LogP contribution in [0.3, 0.4) is 0 Å². The van der Waals surface area contributed by atoms with E-state index in [-0.39, 0.29) is 12.4 Å². The Morgan fingerprint density at radius 2 is 2.10 bits per heavy atom. The van der Waals surface area contributed by atoms with Crippen molar-refractivity contribution in [2.45, 2.75) is 27.7 Å². The molecule has 9 heteroatoms. The Kier molecular flexibility index (Phi) is 5.28. The molecule has 0 spiro atoms. The van der Waals surface area contributed by atoms with Gasteiger partial charge in [-0.1, -0.05) is 0 Å². The second-order valence-corrected chi connectivity index (χ2v) is 6.92. The van der Waals surface area contributed by atoms with Gasteiger partial charge in [0.2, 0.25) is 5.91 Å². The Hall–Kier alpha value is -3.80. The second kappa shape index (κ2) is 7.67.